The van der Waals surface area contributed by atoms with Crippen molar-refractivity contribution >= 4 is 0 Å². The lowest BCUT2D eigenvalue weighted by Gasteiger charge is -2.26. The Balaban J connectivity index is 1.20. The third-order valence-electron chi connectivity index (χ3n) is 6.00. The van der Waals surface area contributed by atoms with Gasteiger partial charge in [-0.25, -0.2) is 4.98 Å². The first-order valence-corrected chi connectivity index (χ1v) is 11.8. The van der Waals surface area contributed by atoms with Crippen LogP contribution in [0.5, 0.6) is 0 Å². The number of morpholine rings is 1. The standard InChI is InChI=1S/C28H28N4O3/c1-21(33)28-29-12-13-32(28)20-26-18-27(30-35-26)25-10-8-23(9-11-25)3-2-22-4-6-24(7-5-22)19-31-14-16-34-17-15-31/h4-13,18,21,33H,14-17,19-20H2,1H3. The molecule has 1 aliphatic heterocycles. The first kappa shape index (κ1) is 23.1. The Labute approximate surface area is 205 Å². The molecule has 2 aromatic heterocycles. The van der Waals surface area contributed by atoms with Crippen LogP contribution in [0.1, 0.15) is 41.3 Å². The van der Waals surface area contributed by atoms with Gasteiger partial charge in [0.05, 0.1) is 19.8 Å². The summed E-state index contributed by atoms with van der Waals surface area (Å²) in [7, 11) is 0. The van der Waals surface area contributed by atoms with Crippen molar-refractivity contribution in [3.63, 3.8) is 0 Å². The van der Waals surface area contributed by atoms with Gasteiger partial charge in [-0.05, 0) is 36.8 Å². The van der Waals surface area contributed by atoms with Crippen LogP contribution >= 0.6 is 0 Å². The Morgan fingerprint density at radius 2 is 1.66 bits per heavy atom. The number of aliphatic hydroxyl groups is 1. The summed E-state index contributed by atoms with van der Waals surface area (Å²) in [5, 5.41) is 14.0. The van der Waals surface area contributed by atoms with Crippen LogP contribution in [-0.2, 0) is 17.8 Å². The second kappa shape index (κ2) is 10.7. The smallest absolute Gasteiger partial charge is 0.157 e. The van der Waals surface area contributed by atoms with E-state index in [-0.39, 0.29) is 0 Å². The van der Waals surface area contributed by atoms with Crippen LogP contribution in [0.25, 0.3) is 11.3 Å². The SMILES string of the molecule is CC(O)c1nccn1Cc1cc(-c2ccc(C#Cc3ccc(CN4CCOCC4)cc3)cc2)no1. The third kappa shape index (κ3) is 5.87. The summed E-state index contributed by atoms with van der Waals surface area (Å²) in [5.41, 5.74) is 4.95. The van der Waals surface area contributed by atoms with E-state index in [4.69, 9.17) is 9.26 Å². The first-order valence-electron chi connectivity index (χ1n) is 11.8. The molecule has 0 radical (unpaired) electrons. The number of hydrogen-bond acceptors (Lipinski definition) is 6. The summed E-state index contributed by atoms with van der Waals surface area (Å²) >= 11 is 0. The average molecular weight is 469 g/mol. The lowest BCUT2D eigenvalue weighted by atomic mass is 10.1. The molecular formula is C28H28N4O3. The van der Waals surface area contributed by atoms with Crippen molar-refractivity contribution in [1.29, 1.82) is 0 Å². The van der Waals surface area contributed by atoms with E-state index in [1.807, 2.05) is 41.1 Å². The molecule has 7 nitrogen and oxygen atoms in total. The van der Waals surface area contributed by atoms with Crippen LogP contribution in [0, 0.1) is 11.8 Å². The van der Waals surface area contributed by atoms with Crippen LogP contribution in [0.3, 0.4) is 0 Å². The number of ether oxygens (including phenoxy) is 1. The van der Waals surface area contributed by atoms with E-state index in [1.54, 1.807) is 13.1 Å². The Hall–Kier alpha value is -3.70. The minimum Gasteiger partial charge on any atom is -0.385 e. The van der Waals surface area contributed by atoms with Gasteiger partial charge in [-0.1, -0.05) is 41.3 Å². The first-order chi connectivity index (χ1) is 17.1. The summed E-state index contributed by atoms with van der Waals surface area (Å²) in [6.07, 6.45) is 2.84. The van der Waals surface area contributed by atoms with Crippen molar-refractivity contribution in [2.75, 3.05) is 26.3 Å². The molecule has 0 spiro atoms. The van der Waals surface area contributed by atoms with E-state index >= 15 is 0 Å². The topological polar surface area (TPSA) is 76.6 Å². The molecular weight excluding hydrogens is 440 g/mol. The lowest BCUT2D eigenvalue weighted by molar-refractivity contribution is 0.0342. The van der Waals surface area contributed by atoms with Gasteiger partial charge in [-0.3, -0.25) is 4.90 Å². The minimum absolute atomic E-state index is 0.460. The van der Waals surface area contributed by atoms with Crippen molar-refractivity contribution in [3.05, 3.63) is 95.3 Å². The van der Waals surface area contributed by atoms with Gasteiger partial charge in [0.1, 0.15) is 17.6 Å². The molecule has 3 heterocycles. The van der Waals surface area contributed by atoms with Crippen LogP contribution in [0.2, 0.25) is 0 Å². The average Bonchev–Trinajstić information content (AvgIpc) is 3.55. The highest BCUT2D eigenvalue weighted by Crippen LogP contribution is 2.21. The predicted octanol–water partition coefficient (Wildman–Crippen LogP) is 3.87. The number of rotatable bonds is 6. The van der Waals surface area contributed by atoms with Crippen molar-refractivity contribution < 1.29 is 14.4 Å². The summed E-state index contributed by atoms with van der Waals surface area (Å²) in [6.45, 7) is 6.71. The molecule has 7 heteroatoms. The molecule has 1 aliphatic rings. The van der Waals surface area contributed by atoms with Gasteiger partial charge >= 0.3 is 0 Å². The fraction of sp³-hybridized carbons (Fsp3) is 0.286. The number of aliphatic hydroxyl groups excluding tert-OH is 1. The molecule has 4 aromatic rings. The number of nitrogens with zero attached hydrogens (tertiary/aromatic N) is 4. The highest BCUT2D eigenvalue weighted by Gasteiger charge is 2.13. The van der Waals surface area contributed by atoms with Gasteiger partial charge in [-0.15, -0.1) is 0 Å². The van der Waals surface area contributed by atoms with Crippen molar-refractivity contribution in [2.45, 2.75) is 26.1 Å². The Kier molecular flexibility index (Phi) is 7.05. The van der Waals surface area contributed by atoms with E-state index in [0.29, 0.717) is 18.1 Å². The zero-order valence-corrected chi connectivity index (χ0v) is 19.7. The molecule has 0 bridgehead atoms. The maximum absolute atomic E-state index is 9.82. The monoisotopic (exact) mass is 468 g/mol. The Morgan fingerprint density at radius 3 is 2.34 bits per heavy atom. The fourth-order valence-corrected chi connectivity index (χ4v) is 4.09. The summed E-state index contributed by atoms with van der Waals surface area (Å²) in [4.78, 5) is 6.60. The molecule has 2 aromatic carbocycles. The molecule has 178 valence electrons. The molecule has 1 N–H and O–H groups in total. The molecule has 1 unspecified atom stereocenters. The largest absolute Gasteiger partial charge is 0.385 e. The number of hydrogen-bond donors (Lipinski definition) is 1. The van der Waals surface area contributed by atoms with Crippen LogP contribution in [0.4, 0.5) is 0 Å². The third-order valence-corrected chi connectivity index (χ3v) is 6.00. The van der Waals surface area contributed by atoms with Gasteiger partial charge in [-0.2, -0.15) is 0 Å². The van der Waals surface area contributed by atoms with Crippen LogP contribution < -0.4 is 0 Å². The van der Waals surface area contributed by atoms with Gasteiger partial charge < -0.3 is 18.9 Å². The zero-order chi connectivity index (χ0) is 24.0. The molecule has 0 saturated carbocycles. The van der Waals surface area contributed by atoms with Gasteiger partial charge in [0.25, 0.3) is 0 Å². The summed E-state index contributed by atoms with van der Waals surface area (Å²) < 4.78 is 12.8. The van der Waals surface area contributed by atoms with Crippen molar-refractivity contribution in [2.24, 2.45) is 0 Å². The second-order valence-electron chi connectivity index (χ2n) is 8.68. The molecule has 0 aliphatic carbocycles. The number of imidazole rings is 1. The number of benzene rings is 2. The van der Waals surface area contributed by atoms with Crippen LogP contribution in [0.15, 0.2) is 71.5 Å². The zero-order valence-electron chi connectivity index (χ0n) is 19.7. The predicted molar refractivity (Wildman–Crippen MR) is 132 cm³/mol. The van der Waals surface area contributed by atoms with E-state index < -0.39 is 6.10 Å². The lowest BCUT2D eigenvalue weighted by Crippen LogP contribution is -2.35. The fourth-order valence-electron chi connectivity index (χ4n) is 4.09. The van der Waals surface area contributed by atoms with Crippen molar-refractivity contribution in [3.8, 4) is 23.1 Å². The van der Waals surface area contributed by atoms with E-state index in [1.165, 1.54) is 5.56 Å². The van der Waals surface area contributed by atoms with Gasteiger partial charge in [0.2, 0.25) is 0 Å². The maximum atomic E-state index is 9.82. The minimum atomic E-state index is -0.644. The summed E-state index contributed by atoms with van der Waals surface area (Å²) in [6, 6.07) is 18.3. The quantitative estimate of drug-likeness (QED) is 0.433. The highest BCUT2D eigenvalue weighted by molar-refractivity contribution is 5.60. The van der Waals surface area contributed by atoms with E-state index in [0.717, 1.165) is 55.2 Å². The Bertz CT molecular complexity index is 1300. The Morgan fingerprint density at radius 1 is 0.971 bits per heavy atom. The van der Waals surface area contributed by atoms with E-state index in [2.05, 4.69) is 51.1 Å². The molecule has 1 atom stereocenters. The highest BCUT2D eigenvalue weighted by atomic mass is 16.5. The van der Waals surface area contributed by atoms with Crippen molar-refractivity contribution in [1.82, 2.24) is 19.6 Å². The number of aromatic nitrogens is 3. The normalized spacial score (nSPS) is 14.9. The maximum Gasteiger partial charge on any atom is 0.157 e. The van der Waals surface area contributed by atoms with Crippen LogP contribution in [-0.4, -0.2) is 51.0 Å². The molecule has 0 amide bonds. The molecule has 5 rings (SSSR count). The molecule has 1 fully saturated rings. The van der Waals surface area contributed by atoms with Gasteiger partial charge in [0, 0.05) is 54.8 Å². The van der Waals surface area contributed by atoms with Gasteiger partial charge in [0.15, 0.2) is 5.76 Å². The summed E-state index contributed by atoms with van der Waals surface area (Å²) in [5.74, 6) is 7.78. The molecule has 35 heavy (non-hydrogen) atoms. The molecule has 1 saturated heterocycles. The van der Waals surface area contributed by atoms with E-state index in [9.17, 15) is 5.11 Å². The second-order valence-corrected chi connectivity index (χ2v) is 8.68.